The quantitative estimate of drug-likeness (QED) is 0.680. The molecule has 1 fully saturated rings. The molecule has 6 nitrogen and oxygen atoms in total. The molecule has 1 aliphatic heterocycles. The van der Waals surface area contributed by atoms with Gasteiger partial charge in [0, 0.05) is 32.4 Å². The number of piperazine rings is 1. The van der Waals surface area contributed by atoms with Crippen molar-refractivity contribution in [2.75, 3.05) is 31.1 Å². The molecule has 2 aromatic heterocycles. The fraction of sp³-hybridized carbons (Fsp3) is 0.444. The van der Waals surface area contributed by atoms with Crippen LogP contribution in [0.2, 0.25) is 0 Å². The molecule has 6 heteroatoms. The maximum atomic E-state index is 4.17. The number of hydrogen-bond acceptors (Lipinski definition) is 5. The number of nitrogens with one attached hydrogen (secondary N) is 1. The van der Waals surface area contributed by atoms with E-state index in [0.717, 1.165) is 32.0 Å². The van der Waals surface area contributed by atoms with E-state index in [9.17, 15) is 0 Å². The fourth-order valence-corrected chi connectivity index (χ4v) is 1.86. The Morgan fingerprint density at radius 3 is 2.93 bits per heavy atom. The molecule has 78 valence electrons. The van der Waals surface area contributed by atoms with Gasteiger partial charge in [0.2, 0.25) is 0 Å². The summed E-state index contributed by atoms with van der Waals surface area (Å²) in [6, 6.07) is 1.98. The molecular weight excluding hydrogens is 192 g/mol. The van der Waals surface area contributed by atoms with Gasteiger partial charge in [-0.15, -0.1) is 0 Å². The van der Waals surface area contributed by atoms with E-state index in [0.29, 0.717) is 5.78 Å². The minimum atomic E-state index is 0.658. The van der Waals surface area contributed by atoms with Crippen molar-refractivity contribution in [1.82, 2.24) is 24.9 Å². The first-order valence-corrected chi connectivity index (χ1v) is 5.05. The molecule has 0 spiro atoms. The zero-order valence-electron chi connectivity index (χ0n) is 8.30. The zero-order valence-corrected chi connectivity index (χ0v) is 8.30. The Labute approximate surface area is 86.9 Å². The minimum Gasteiger partial charge on any atom is -0.354 e. The van der Waals surface area contributed by atoms with Crippen LogP contribution in [-0.4, -0.2) is 45.8 Å². The highest BCUT2D eigenvalue weighted by molar-refractivity contribution is 5.45. The van der Waals surface area contributed by atoms with Gasteiger partial charge in [-0.2, -0.15) is 14.6 Å². The van der Waals surface area contributed by atoms with Crippen molar-refractivity contribution in [3.63, 3.8) is 0 Å². The maximum absolute atomic E-state index is 4.17. The van der Waals surface area contributed by atoms with Gasteiger partial charge in [0.1, 0.15) is 12.1 Å². The second-order valence-electron chi connectivity index (χ2n) is 3.51. The maximum Gasteiger partial charge on any atom is 0.254 e. The van der Waals surface area contributed by atoms with Crippen molar-refractivity contribution in [2.45, 2.75) is 0 Å². The van der Waals surface area contributed by atoms with Gasteiger partial charge >= 0.3 is 0 Å². The first-order chi connectivity index (χ1) is 7.45. The summed E-state index contributed by atoms with van der Waals surface area (Å²) < 4.78 is 1.78. The monoisotopic (exact) mass is 204 g/mol. The Morgan fingerprint density at radius 2 is 2.07 bits per heavy atom. The summed E-state index contributed by atoms with van der Waals surface area (Å²) in [5.74, 6) is 1.73. The molecule has 1 N–H and O–H groups in total. The lowest BCUT2D eigenvalue weighted by Gasteiger charge is -2.28. The first kappa shape index (κ1) is 8.60. The van der Waals surface area contributed by atoms with Crippen LogP contribution in [0.4, 0.5) is 5.82 Å². The van der Waals surface area contributed by atoms with E-state index < -0.39 is 0 Å². The van der Waals surface area contributed by atoms with Gasteiger partial charge in [0.15, 0.2) is 0 Å². The van der Waals surface area contributed by atoms with Crippen LogP contribution < -0.4 is 10.2 Å². The van der Waals surface area contributed by atoms with Crippen LogP contribution in [0, 0.1) is 0 Å². The van der Waals surface area contributed by atoms with Crippen LogP contribution >= 0.6 is 0 Å². The van der Waals surface area contributed by atoms with Gasteiger partial charge < -0.3 is 10.2 Å². The van der Waals surface area contributed by atoms with Crippen molar-refractivity contribution < 1.29 is 0 Å². The van der Waals surface area contributed by atoms with E-state index in [1.165, 1.54) is 6.33 Å². The molecule has 15 heavy (non-hydrogen) atoms. The summed E-state index contributed by atoms with van der Waals surface area (Å²) in [7, 11) is 0. The summed E-state index contributed by atoms with van der Waals surface area (Å²) in [6.07, 6.45) is 3.31. The zero-order chi connectivity index (χ0) is 10.1. The van der Waals surface area contributed by atoms with Crippen LogP contribution in [0.15, 0.2) is 18.6 Å². The molecule has 0 saturated carbocycles. The Hall–Kier alpha value is -1.69. The fourth-order valence-electron chi connectivity index (χ4n) is 1.86. The molecule has 0 unspecified atom stereocenters. The summed E-state index contributed by atoms with van der Waals surface area (Å²) in [5, 5.41) is 7.50. The predicted molar refractivity (Wildman–Crippen MR) is 55.9 cm³/mol. The average molecular weight is 204 g/mol. The van der Waals surface area contributed by atoms with Gasteiger partial charge in [0.05, 0.1) is 0 Å². The lowest BCUT2D eigenvalue weighted by Crippen LogP contribution is -2.44. The Morgan fingerprint density at radius 1 is 1.20 bits per heavy atom. The summed E-state index contributed by atoms with van der Waals surface area (Å²) in [4.78, 5) is 10.5. The first-order valence-electron chi connectivity index (χ1n) is 5.05. The summed E-state index contributed by atoms with van der Waals surface area (Å²) in [5.41, 5.74) is 0. The summed E-state index contributed by atoms with van der Waals surface area (Å²) in [6.45, 7) is 4.02. The standard InChI is InChI=1S/C9H12N6/c1-2-11-9-12-7-13-15(9)8(1)14-5-3-10-4-6-14/h1-2,7,10H,3-6H2. The third kappa shape index (κ3) is 1.42. The van der Waals surface area contributed by atoms with Crippen LogP contribution in [0.5, 0.6) is 0 Å². The highest BCUT2D eigenvalue weighted by Gasteiger charge is 2.13. The van der Waals surface area contributed by atoms with Gasteiger partial charge in [0.25, 0.3) is 5.78 Å². The second-order valence-corrected chi connectivity index (χ2v) is 3.51. The third-order valence-corrected chi connectivity index (χ3v) is 2.60. The smallest absolute Gasteiger partial charge is 0.254 e. The topological polar surface area (TPSA) is 58.4 Å². The van der Waals surface area contributed by atoms with Crippen LogP contribution in [0.1, 0.15) is 0 Å². The third-order valence-electron chi connectivity index (χ3n) is 2.60. The van der Waals surface area contributed by atoms with E-state index in [1.807, 2.05) is 6.07 Å². The Kier molecular flexibility index (Phi) is 1.99. The van der Waals surface area contributed by atoms with Crippen LogP contribution in [0.25, 0.3) is 5.78 Å². The second kappa shape index (κ2) is 3.47. The number of aromatic nitrogens is 4. The van der Waals surface area contributed by atoms with Gasteiger partial charge in [-0.1, -0.05) is 0 Å². The van der Waals surface area contributed by atoms with Crippen molar-refractivity contribution in [1.29, 1.82) is 0 Å². The number of hydrogen-bond donors (Lipinski definition) is 1. The number of rotatable bonds is 1. The highest BCUT2D eigenvalue weighted by Crippen LogP contribution is 2.13. The lowest BCUT2D eigenvalue weighted by atomic mass is 10.3. The average Bonchev–Trinajstić information content (AvgIpc) is 2.78. The lowest BCUT2D eigenvalue weighted by molar-refractivity contribution is 0.580. The molecule has 1 saturated heterocycles. The molecule has 0 atom stereocenters. The van der Waals surface area contributed by atoms with E-state index in [4.69, 9.17) is 0 Å². The van der Waals surface area contributed by atoms with Crippen molar-refractivity contribution >= 4 is 11.6 Å². The summed E-state index contributed by atoms with van der Waals surface area (Å²) >= 11 is 0. The number of nitrogens with zero attached hydrogens (tertiary/aromatic N) is 5. The molecule has 0 aliphatic carbocycles. The van der Waals surface area contributed by atoms with Crippen LogP contribution in [0.3, 0.4) is 0 Å². The van der Waals surface area contributed by atoms with Gasteiger partial charge in [-0.05, 0) is 6.07 Å². The molecule has 0 amide bonds. The minimum absolute atomic E-state index is 0.658. The molecule has 0 bridgehead atoms. The van der Waals surface area contributed by atoms with Crippen molar-refractivity contribution in [2.24, 2.45) is 0 Å². The number of fused-ring (bicyclic) bond motifs is 1. The molecule has 1 aliphatic rings. The van der Waals surface area contributed by atoms with E-state index in [-0.39, 0.29) is 0 Å². The molecule has 3 heterocycles. The highest BCUT2D eigenvalue weighted by atomic mass is 15.4. The van der Waals surface area contributed by atoms with E-state index in [2.05, 4.69) is 25.3 Å². The molecule has 2 aromatic rings. The Balaban J connectivity index is 2.05. The van der Waals surface area contributed by atoms with Crippen LogP contribution in [-0.2, 0) is 0 Å². The number of anilines is 1. The van der Waals surface area contributed by atoms with Gasteiger partial charge in [-0.25, -0.2) is 4.98 Å². The predicted octanol–water partition coefficient (Wildman–Crippen LogP) is -0.466. The molecule has 0 radical (unpaired) electrons. The van der Waals surface area contributed by atoms with Crippen molar-refractivity contribution in [3.05, 3.63) is 18.6 Å². The van der Waals surface area contributed by atoms with E-state index >= 15 is 0 Å². The van der Waals surface area contributed by atoms with E-state index in [1.54, 1.807) is 10.7 Å². The van der Waals surface area contributed by atoms with Crippen molar-refractivity contribution in [3.8, 4) is 0 Å². The molecule has 3 rings (SSSR count). The molecule has 0 aromatic carbocycles. The Bertz CT molecular complexity index is 458. The largest absolute Gasteiger partial charge is 0.354 e. The van der Waals surface area contributed by atoms with Gasteiger partial charge in [-0.3, -0.25) is 0 Å². The SMILES string of the molecule is c1cc(N2CCNCC2)n2ncnc2n1. The molecular formula is C9H12N6. The normalized spacial score (nSPS) is 17.2.